The zero-order chi connectivity index (χ0) is 14.1. The van der Waals surface area contributed by atoms with Gasteiger partial charge in [-0.2, -0.15) is 0 Å². The van der Waals surface area contributed by atoms with Gasteiger partial charge < -0.3 is 14.8 Å². The quantitative estimate of drug-likeness (QED) is 0.696. The average molecular weight is 265 g/mol. The maximum absolute atomic E-state index is 5.83. The van der Waals surface area contributed by atoms with Crippen molar-refractivity contribution < 1.29 is 9.47 Å². The van der Waals surface area contributed by atoms with Crippen LogP contribution in [0.5, 0.6) is 5.75 Å². The SMILES string of the molecule is COCCCOc1ccc(C)cc1CNCC(C)C. The summed E-state index contributed by atoms with van der Waals surface area (Å²) in [4.78, 5) is 0. The van der Waals surface area contributed by atoms with Gasteiger partial charge in [0.05, 0.1) is 6.61 Å². The number of methoxy groups -OCH3 is 1. The van der Waals surface area contributed by atoms with E-state index in [4.69, 9.17) is 9.47 Å². The maximum atomic E-state index is 5.83. The lowest BCUT2D eigenvalue weighted by Crippen LogP contribution is -2.19. The van der Waals surface area contributed by atoms with Crippen LogP contribution in [0.2, 0.25) is 0 Å². The Kier molecular flexibility index (Phi) is 7.53. The minimum Gasteiger partial charge on any atom is -0.493 e. The topological polar surface area (TPSA) is 30.5 Å². The molecule has 1 N–H and O–H groups in total. The predicted octanol–water partition coefficient (Wildman–Crippen LogP) is 3.16. The molecule has 3 nitrogen and oxygen atoms in total. The molecule has 1 aromatic rings. The minimum absolute atomic E-state index is 0.663. The molecule has 1 aromatic carbocycles. The highest BCUT2D eigenvalue weighted by Gasteiger charge is 2.04. The molecule has 0 fully saturated rings. The Morgan fingerprint density at radius 2 is 2.00 bits per heavy atom. The molecule has 19 heavy (non-hydrogen) atoms. The van der Waals surface area contributed by atoms with Crippen LogP contribution in [0, 0.1) is 12.8 Å². The molecule has 3 heteroatoms. The minimum atomic E-state index is 0.663. The largest absolute Gasteiger partial charge is 0.493 e. The van der Waals surface area contributed by atoms with E-state index in [9.17, 15) is 0 Å². The summed E-state index contributed by atoms with van der Waals surface area (Å²) in [7, 11) is 1.72. The second-order valence-electron chi connectivity index (χ2n) is 5.33. The first-order chi connectivity index (χ1) is 9.13. The molecule has 0 aromatic heterocycles. The fraction of sp³-hybridized carbons (Fsp3) is 0.625. The first kappa shape index (κ1) is 16.0. The molecule has 0 bridgehead atoms. The molecule has 0 heterocycles. The summed E-state index contributed by atoms with van der Waals surface area (Å²) >= 11 is 0. The number of aryl methyl sites for hydroxylation is 1. The molecule has 0 saturated heterocycles. The molecule has 1 rings (SSSR count). The van der Waals surface area contributed by atoms with Crippen LogP contribution in [0.25, 0.3) is 0 Å². The summed E-state index contributed by atoms with van der Waals surface area (Å²) in [5, 5.41) is 3.47. The lowest BCUT2D eigenvalue weighted by atomic mass is 10.1. The van der Waals surface area contributed by atoms with Crippen LogP contribution in [0.1, 0.15) is 31.4 Å². The molecule has 108 valence electrons. The van der Waals surface area contributed by atoms with Crippen LogP contribution in [-0.2, 0) is 11.3 Å². The molecule has 0 spiro atoms. The fourth-order valence-corrected chi connectivity index (χ4v) is 1.87. The van der Waals surface area contributed by atoms with Crippen molar-refractivity contribution >= 4 is 0 Å². The average Bonchev–Trinajstić information content (AvgIpc) is 2.36. The molecule has 0 saturated carbocycles. The number of benzene rings is 1. The fourth-order valence-electron chi connectivity index (χ4n) is 1.87. The van der Waals surface area contributed by atoms with Gasteiger partial charge in [-0.05, 0) is 25.5 Å². The summed E-state index contributed by atoms with van der Waals surface area (Å²) in [6, 6.07) is 6.35. The van der Waals surface area contributed by atoms with Crippen molar-refractivity contribution in [2.75, 3.05) is 26.9 Å². The normalized spacial score (nSPS) is 11.0. The molecular formula is C16H27NO2. The Bertz CT molecular complexity index is 364. The molecule has 0 aliphatic rings. The van der Waals surface area contributed by atoms with Crippen LogP contribution in [0.4, 0.5) is 0 Å². The smallest absolute Gasteiger partial charge is 0.123 e. The molecule has 0 radical (unpaired) electrons. The first-order valence-electron chi connectivity index (χ1n) is 7.05. The van der Waals surface area contributed by atoms with Gasteiger partial charge in [0, 0.05) is 32.2 Å². The predicted molar refractivity (Wildman–Crippen MR) is 79.7 cm³/mol. The van der Waals surface area contributed by atoms with Crippen molar-refractivity contribution in [2.24, 2.45) is 5.92 Å². The first-order valence-corrected chi connectivity index (χ1v) is 7.05. The Balaban J connectivity index is 2.53. The number of ether oxygens (including phenoxy) is 2. The standard InChI is InChI=1S/C16H27NO2/c1-13(2)11-17-12-15-10-14(3)6-7-16(15)19-9-5-8-18-4/h6-7,10,13,17H,5,8-9,11-12H2,1-4H3. The van der Waals surface area contributed by atoms with Gasteiger partial charge in [0.15, 0.2) is 0 Å². The van der Waals surface area contributed by atoms with E-state index in [1.807, 2.05) is 0 Å². The lowest BCUT2D eigenvalue weighted by Gasteiger charge is -2.14. The third-order valence-corrected chi connectivity index (χ3v) is 2.83. The van der Waals surface area contributed by atoms with Crippen molar-refractivity contribution in [3.63, 3.8) is 0 Å². The van der Waals surface area contributed by atoms with E-state index in [1.165, 1.54) is 11.1 Å². The van der Waals surface area contributed by atoms with Crippen LogP contribution in [0.15, 0.2) is 18.2 Å². The number of rotatable bonds is 9. The second kappa shape index (κ2) is 8.94. The van der Waals surface area contributed by atoms with E-state index in [0.29, 0.717) is 12.5 Å². The van der Waals surface area contributed by atoms with Crippen molar-refractivity contribution in [3.8, 4) is 5.75 Å². The zero-order valence-electron chi connectivity index (χ0n) is 12.7. The number of nitrogens with one attached hydrogen (secondary N) is 1. The molecule has 0 unspecified atom stereocenters. The van der Waals surface area contributed by atoms with Gasteiger partial charge in [0.25, 0.3) is 0 Å². The monoisotopic (exact) mass is 265 g/mol. The summed E-state index contributed by atoms with van der Waals surface area (Å²) in [5.74, 6) is 1.65. The van der Waals surface area contributed by atoms with E-state index in [2.05, 4.69) is 44.3 Å². The summed E-state index contributed by atoms with van der Waals surface area (Å²) in [5.41, 5.74) is 2.50. The highest BCUT2D eigenvalue weighted by molar-refractivity contribution is 5.36. The Hall–Kier alpha value is -1.06. The maximum Gasteiger partial charge on any atom is 0.123 e. The molecule has 0 aliphatic heterocycles. The van der Waals surface area contributed by atoms with E-state index < -0.39 is 0 Å². The lowest BCUT2D eigenvalue weighted by molar-refractivity contribution is 0.171. The van der Waals surface area contributed by atoms with Crippen LogP contribution in [0.3, 0.4) is 0 Å². The number of hydrogen-bond donors (Lipinski definition) is 1. The van der Waals surface area contributed by atoms with Crippen LogP contribution in [-0.4, -0.2) is 26.9 Å². The zero-order valence-corrected chi connectivity index (χ0v) is 12.7. The van der Waals surface area contributed by atoms with Gasteiger partial charge in [-0.25, -0.2) is 0 Å². The molecule has 0 aliphatic carbocycles. The Morgan fingerprint density at radius 1 is 1.21 bits per heavy atom. The number of hydrogen-bond acceptors (Lipinski definition) is 3. The van der Waals surface area contributed by atoms with Crippen molar-refractivity contribution in [1.29, 1.82) is 0 Å². The molecule has 0 amide bonds. The van der Waals surface area contributed by atoms with E-state index in [1.54, 1.807) is 7.11 Å². The Labute approximate surface area is 117 Å². The summed E-state index contributed by atoms with van der Waals surface area (Å²) in [6.45, 7) is 9.87. The highest BCUT2D eigenvalue weighted by Crippen LogP contribution is 2.20. The van der Waals surface area contributed by atoms with Gasteiger partial charge in [-0.15, -0.1) is 0 Å². The van der Waals surface area contributed by atoms with Gasteiger partial charge in [-0.1, -0.05) is 31.5 Å². The van der Waals surface area contributed by atoms with Gasteiger partial charge >= 0.3 is 0 Å². The van der Waals surface area contributed by atoms with Crippen molar-refractivity contribution in [2.45, 2.75) is 33.7 Å². The van der Waals surface area contributed by atoms with E-state index in [-0.39, 0.29) is 0 Å². The third-order valence-electron chi connectivity index (χ3n) is 2.83. The molecular weight excluding hydrogens is 238 g/mol. The summed E-state index contributed by atoms with van der Waals surface area (Å²) < 4.78 is 10.9. The molecule has 0 atom stereocenters. The van der Waals surface area contributed by atoms with Crippen molar-refractivity contribution in [3.05, 3.63) is 29.3 Å². The van der Waals surface area contributed by atoms with Crippen LogP contribution >= 0.6 is 0 Å². The van der Waals surface area contributed by atoms with Crippen molar-refractivity contribution in [1.82, 2.24) is 5.32 Å². The van der Waals surface area contributed by atoms with E-state index in [0.717, 1.165) is 31.9 Å². The van der Waals surface area contributed by atoms with Gasteiger partial charge in [0.2, 0.25) is 0 Å². The van der Waals surface area contributed by atoms with E-state index >= 15 is 0 Å². The van der Waals surface area contributed by atoms with Gasteiger partial charge in [0.1, 0.15) is 5.75 Å². The van der Waals surface area contributed by atoms with Gasteiger partial charge in [-0.3, -0.25) is 0 Å². The second-order valence-corrected chi connectivity index (χ2v) is 5.33. The third kappa shape index (κ3) is 6.60. The van der Waals surface area contributed by atoms with Crippen LogP contribution < -0.4 is 10.1 Å². The highest BCUT2D eigenvalue weighted by atomic mass is 16.5. The Morgan fingerprint density at radius 3 is 2.68 bits per heavy atom. The summed E-state index contributed by atoms with van der Waals surface area (Å²) in [6.07, 6.45) is 0.920.